The van der Waals surface area contributed by atoms with Crippen LogP contribution in [0, 0.1) is 0 Å². The Bertz CT molecular complexity index is 736. The van der Waals surface area contributed by atoms with Crippen LogP contribution < -0.4 is 10.2 Å². The van der Waals surface area contributed by atoms with Gasteiger partial charge in [-0.1, -0.05) is 18.9 Å². The van der Waals surface area contributed by atoms with Gasteiger partial charge in [-0.3, -0.25) is 4.79 Å². The molecule has 4 rings (SSSR count). The van der Waals surface area contributed by atoms with Crippen molar-refractivity contribution in [1.82, 2.24) is 0 Å². The molecule has 2 heterocycles. The number of hydrogen-bond donors (Lipinski definition) is 1. The van der Waals surface area contributed by atoms with Gasteiger partial charge in [0.25, 0.3) is 0 Å². The van der Waals surface area contributed by atoms with Gasteiger partial charge in [-0.15, -0.1) is 11.3 Å². The first-order valence-corrected chi connectivity index (χ1v) is 10.3. The van der Waals surface area contributed by atoms with Crippen LogP contribution in [0.1, 0.15) is 37.0 Å². The van der Waals surface area contributed by atoms with E-state index in [1.54, 1.807) is 18.4 Å². The second-order valence-corrected chi connectivity index (χ2v) is 8.31. The van der Waals surface area contributed by atoms with Crippen molar-refractivity contribution in [3.63, 3.8) is 0 Å². The molecule has 5 heteroatoms. The summed E-state index contributed by atoms with van der Waals surface area (Å²) in [6.45, 7) is 1.95. The molecular weight excluding hydrogens is 344 g/mol. The van der Waals surface area contributed by atoms with Crippen LogP contribution in [0.25, 0.3) is 0 Å². The van der Waals surface area contributed by atoms with E-state index < -0.39 is 0 Å². The van der Waals surface area contributed by atoms with Crippen LogP contribution in [0.4, 0.5) is 11.4 Å². The van der Waals surface area contributed by atoms with Crippen molar-refractivity contribution >= 4 is 28.6 Å². The maximum absolute atomic E-state index is 13.1. The van der Waals surface area contributed by atoms with E-state index in [1.807, 2.05) is 18.2 Å². The number of amides is 1. The number of methoxy groups -OCH3 is 1. The quantitative estimate of drug-likeness (QED) is 0.847. The van der Waals surface area contributed by atoms with Crippen LogP contribution in [0.5, 0.6) is 0 Å². The summed E-state index contributed by atoms with van der Waals surface area (Å²) >= 11 is 1.70. The van der Waals surface area contributed by atoms with Crippen LogP contribution >= 0.6 is 11.3 Å². The predicted octanol–water partition coefficient (Wildman–Crippen LogP) is 4.42. The number of benzene rings is 1. The van der Waals surface area contributed by atoms with Gasteiger partial charge in [0.1, 0.15) is 0 Å². The van der Waals surface area contributed by atoms with Gasteiger partial charge in [0, 0.05) is 36.5 Å². The van der Waals surface area contributed by atoms with E-state index in [9.17, 15) is 4.79 Å². The van der Waals surface area contributed by atoms with Gasteiger partial charge in [0.05, 0.1) is 11.5 Å². The summed E-state index contributed by atoms with van der Waals surface area (Å²) in [6.07, 6.45) is 5.54. The third-order valence-corrected chi connectivity index (χ3v) is 6.93. The Morgan fingerprint density at radius 2 is 2.00 bits per heavy atom. The van der Waals surface area contributed by atoms with Crippen molar-refractivity contribution in [3.05, 3.63) is 46.7 Å². The van der Waals surface area contributed by atoms with E-state index in [-0.39, 0.29) is 11.3 Å². The minimum atomic E-state index is -0.340. The zero-order chi connectivity index (χ0) is 18.0. The average Bonchev–Trinajstić information content (AvgIpc) is 3.43. The molecular formula is C21H26N2O2S. The van der Waals surface area contributed by atoms with Crippen LogP contribution in [0.3, 0.4) is 0 Å². The summed E-state index contributed by atoms with van der Waals surface area (Å²) in [5, 5.41) is 5.25. The van der Waals surface area contributed by atoms with Crippen molar-refractivity contribution in [1.29, 1.82) is 0 Å². The second-order valence-electron chi connectivity index (χ2n) is 7.36. The minimum absolute atomic E-state index is 0.144. The zero-order valence-corrected chi connectivity index (χ0v) is 16.1. The highest BCUT2D eigenvalue weighted by Gasteiger charge is 2.43. The first kappa shape index (κ1) is 17.6. The standard InChI is InChI=1S/C21H26N2O2S/c1-25-18-10-13-23(15-18)17-8-6-16(7-9-17)22-20(24)21(11-2-3-12-21)19-5-4-14-26-19/h4-9,14,18H,2-3,10-13,15H2,1H3,(H,22,24). The monoisotopic (exact) mass is 370 g/mol. The molecule has 4 nitrogen and oxygen atoms in total. The van der Waals surface area contributed by atoms with E-state index >= 15 is 0 Å². The number of rotatable bonds is 5. The van der Waals surface area contributed by atoms with E-state index in [0.717, 1.165) is 50.9 Å². The molecule has 1 saturated heterocycles. The molecule has 0 spiro atoms. The maximum Gasteiger partial charge on any atom is 0.235 e. The molecule has 1 aromatic heterocycles. The number of hydrogen-bond acceptors (Lipinski definition) is 4. The summed E-state index contributed by atoms with van der Waals surface area (Å²) in [6, 6.07) is 12.4. The molecule has 0 bridgehead atoms. The van der Waals surface area contributed by atoms with Crippen LogP contribution in [0.15, 0.2) is 41.8 Å². The Morgan fingerprint density at radius 1 is 1.23 bits per heavy atom. The van der Waals surface area contributed by atoms with Gasteiger partial charge >= 0.3 is 0 Å². The molecule has 2 aliphatic rings. The first-order valence-electron chi connectivity index (χ1n) is 9.44. The van der Waals surface area contributed by atoms with Crippen LogP contribution in [0.2, 0.25) is 0 Å². The van der Waals surface area contributed by atoms with Gasteiger partial charge in [-0.05, 0) is 55.0 Å². The normalized spacial score (nSPS) is 21.9. The van der Waals surface area contributed by atoms with Gasteiger partial charge in [0.15, 0.2) is 0 Å². The third kappa shape index (κ3) is 3.26. The fourth-order valence-electron chi connectivity index (χ4n) is 4.28. The van der Waals surface area contributed by atoms with Crippen molar-refractivity contribution in [2.45, 2.75) is 43.6 Å². The lowest BCUT2D eigenvalue weighted by Gasteiger charge is -2.26. The van der Waals surface area contributed by atoms with Crippen molar-refractivity contribution < 1.29 is 9.53 Å². The van der Waals surface area contributed by atoms with E-state index in [4.69, 9.17) is 4.74 Å². The molecule has 2 aromatic rings. The maximum atomic E-state index is 13.1. The summed E-state index contributed by atoms with van der Waals surface area (Å²) in [5.41, 5.74) is 1.73. The molecule has 1 aliphatic heterocycles. The van der Waals surface area contributed by atoms with E-state index in [0.29, 0.717) is 6.10 Å². The molecule has 1 N–H and O–H groups in total. The first-order chi connectivity index (χ1) is 12.7. The molecule has 2 fully saturated rings. The molecule has 1 amide bonds. The number of thiophene rings is 1. The second kappa shape index (κ2) is 7.41. The van der Waals surface area contributed by atoms with Gasteiger partial charge in [-0.25, -0.2) is 0 Å². The zero-order valence-electron chi connectivity index (χ0n) is 15.2. The van der Waals surface area contributed by atoms with Crippen LogP contribution in [-0.4, -0.2) is 32.2 Å². The highest BCUT2D eigenvalue weighted by Crippen LogP contribution is 2.44. The lowest BCUT2D eigenvalue weighted by molar-refractivity contribution is -0.121. The fourth-order valence-corrected chi connectivity index (χ4v) is 5.26. The number of nitrogens with zero attached hydrogens (tertiary/aromatic N) is 1. The Morgan fingerprint density at radius 3 is 2.62 bits per heavy atom. The molecule has 26 heavy (non-hydrogen) atoms. The van der Waals surface area contributed by atoms with Crippen molar-refractivity contribution in [2.75, 3.05) is 30.4 Å². The number of ether oxygens (including phenoxy) is 1. The van der Waals surface area contributed by atoms with E-state index in [1.165, 1.54) is 10.6 Å². The molecule has 1 aliphatic carbocycles. The largest absolute Gasteiger partial charge is 0.380 e. The molecule has 138 valence electrons. The predicted molar refractivity (Wildman–Crippen MR) is 107 cm³/mol. The van der Waals surface area contributed by atoms with Crippen LogP contribution in [-0.2, 0) is 14.9 Å². The summed E-state index contributed by atoms with van der Waals surface area (Å²) in [5.74, 6) is 0.144. The summed E-state index contributed by atoms with van der Waals surface area (Å²) in [7, 11) is 1.78. The van der Waals surface area contributed by atoms with Gasteiger partial charge in [-0.2, -0.15) is 0 Å². The Kier molecular flexibility index (Phi) is 5.00. The molecule has 1 atom stereocenters. The number of anilines is 2. The smallest absolute Gasteiger partial charge is 0.235 e. The van der Waals surface area contributed by atoms with Gasteiger partial charge in [0.2, 0.25) is 5.91 Å². The molecule has 0 radical (unpaired) electrons. The van der Waals surface area contributed by atoms with Crippen molar-refractivity contribution in [3.8, 4) is 0 Å². The Labute approximate surface area is 159 Å². The number of carbonyl (C=O) groups is 1. The Balaban J connectivity index is 1.46. The molecule has 1 saturated carbocycles. The lowest BCUT2D eigenvalue weighted by Crippen LogP contribution is -2.37. The average molecular weight is 371 g/mol. The van der Waals surface area contributed by atoms with Gasteiger partial charge < -0.3 is 15.0 Å². The third-order valence-electron chi connectivity index (χ3n) is 5.85. The lowest BCUT2D eigenvalue weighted by atomic mass is 9.83. The highest BCUT2D eigenvalue weighted by molar-refractivity contribution is 7.10. The summed E-state index contributed by atoms with van der Waals surface area (Å²) < 4.78 is 5.44. The van der Waals surface area contributed by atoms with E-state index in [2.05, 4.69) is 33.8 Å². The summed E-state index contributed by atoms with van der Waals surface area (Å²) in [4.78, 5) is 16.7. The van der Waals surface area contributed by atoms with Crippen molar-refractivity contribution in [2.24, 2.45) is 0 Å². The highest BCUT2D eigenvalue weighted by atomic mass is 32.1. The molecule has 1 aromatic carbocycles. The number of nitrogens with one attached hydrogen (secondary N) is 1. The minimum Gasteiger partial charge on any atom is -0.380 e. The molecule has 1 unspecified atom stereocenters. The SMILES string of the molecule is COC1CCN(c2ccc(NC(=O)C3(c4cccs4)CCCC3)cc2)C1. The topological polar surface area (TPSA) is 41.6 Å². The number of carbonyl (C=O) groups excluding carboxylic acids is 1. The Hall–Kier alpha value is -1.85. The fraction of sp³-hybridized carbons (Fsp3) is 0.476.